The summed E-state index contributed by atoms with van der Waals surface area (Å²) in [7, 11) is 0. The van der Waals surface area contributed by atoms with E-state index in [1.807, 2.05) is 0 Å². The van der Waals surface area contributed by atoms with Crippen molar-refractivity contribution in [1.82, 2.24) is 19.9 Å². The molecule has 4 nitrogen and oxygen atoms in total. The Balaban J connectivity index is 1.34. The van der Waals surface area contributed by atoms with Gasteiger partial charge < -0.3 is 0 Å². The van der Waals surface area contributed by atoms with Crippen LogP contribution in [0.1, 0.15) is 22.3 Å². The number of alkyl halides is 12. The van der Waals surface area contributed by atoms with Crippen LogP contribution in [0, 0.1) is 0 Å². The molecule has 0 saturated carbocycles. The summed E-state index contributed by atoms with van der Waals surface area (Å²) < 4.78 is 171. The van der Waals surface area contributed by atoms with E-state index in [-0.39, 0.29) is 22.1 Å². The van der Waals surface area contributed by atoms with E-state index in [1.54, 1.807) is 0 Å². The van der Waals surface area contributed by atoms with Crippen LogP contribution in [0.5, 0.6) is 0 Å². The molecule has 0 N–H and O–H groups in total. The zero-order chi connectivity index (χ0) is 42.8. The fraction of sp³-hybridized carbons (Fsp3) is 0.0909. The highest BCUT2D eigenvalue weighted by molar-refractivity contribution is 5.93. The molecule has 0 bridgehead atoms. The van der Waals surface area contributed by atoms with Gasteiger partial charge in [0.15, 0.2) is 0 Å². The lowest BCUT2D eigenvalue weighted by atomic mass is 9.95. The monoisotopic (exact) mass is 834 g/mol. The molecular formula is C44H22F12N4. The number of halogens is 12. The van der Waals surface area contributed by atoms with E-state index in [0.717, 1.165) is 72.8 Å². The van der Waals surface area contributed by atoms with E-state index < -0.39 is 92.0 Å². The van der Waals surface area contributed by atoms with E-state index in [0.29, 0.717) is 11.1 Å². The third-order valence-corrected chi connectivity index (χ3v) is 9.61. The molecule has 302 valence electrons. The summed E-state index contributed by atoms with van der Waals surface area (Å²) in [4.78, 5) is 17.8. The van der Waals surface area contributed by atoms with E-state index in [4.69, 9.17) is 0 Å². The highest BCUT2D eigenvalue weighted by Gasteiger charge is 2.39. The van der Waals surface area contributed by atoms with Crippen LogP contribution >= 0.6 is 0 Å². The second-order valence-electron chi connectivity index (χ2n) is 13.4. The first-order valence-corrected chi connectivity index (χ1v) is 17.6. The zero-order valence-electron chi connectivity index (χ0n) is 30.0. The summed E-state index contributed by atoms with van der Waals surface area (Å²) in [6.45, 7) is 0. The maximum absolute atomic E-state index is 14.3. The van der Waals surface area contributed by atoms with Crippen molar-refractivity contribution in [2.24, 2.45) is 0 Å². The standard InChI is InChI=1S/C44H22F12N4/c45-41(46,47)29-13-5-1-9-25(29)37-39(27-11-3-7-15-31(27)43(51,52)53)59-35-21-23(17-19-33(35)57-37)24-18-20-34-36(22-24)60-40(28-12-4-8-16-32(28)44(54,55)56)38(58-34)26-10-2-6-14-30(26)42(48,49)50/h1-22H. The van der Waals surface area contributed by atoms with Gasteiger partial charge in [-0.1, -0.05) is 84.9 Å². The van der Waals surface area contributed by atoms with E-state index in [9.17, 15) is 52.7 Å². The van der Waals surface area contributed by atoms with Crippen molar-refractivity contribution >= 4 is 22.1 Å². The molecule has 2 heterocycles. The predicted octanol–water partition coefficient (Wildman–Crippen LogP) is 14.0. The van der Waals surface area contributed by atoms with Gasteiger partial charge in [-0.3, -0.25) is 0 Å². The van der Waals surface area contributed by atoms with Crippen molar-refractivity contribution in [3.8, 4) is 56.2 Å². The minimum absolute atomic E-state index is 0.0126. The third kappa shape index (κ3) is 7.48. The van der Waals surface area contributed by atoms with Crippen LogP contribution < -0.4 is 0 Å². The zero-order valence-corrected chi connectivity index (χ0v) is 30.0. The Morgan fingerprint density at radius 3 is 0.750 bits per heavy atom. The summed E-state index contributed by atoms with van der Waals surface area (Å²) in [5, 5.41) is 0. The average Bonchev–Trinajstić information content (AvgIpc) is 3.21. The lowest BCUT2D eigenvalue weighted by Crippen LogP contribution is -2.10. The molecule has 0 atom stereocenters. The number of hydrogen-bond donors (Lipinski definition) is 0. The molecule has 16 heteroatoms. The molecule has 0 aliphatic carbocycles. The first-order chi connectivity index (χ1) is 28.3. The number of nitrogens with zero attached hydrogens (tertiary/aromatic N) is 4. The average molecular weight is 835 g/mol. The molecular weight excluding hydrogens is 812 g/mol. The molecule has 60 heavy (non-hydrogen) atoms. The van der Waals surface area contributed by atoms with Crippen molar-refractivity contribution in [2.75, 3.05) is 0 Å². The second kappa shape index (κ2) is 14.5. The van der Waals surface area contributed by atoms with Gasteiger partial charge in [0.25, 0.3) is 0 Å². The highest BCUT2D eigenvalue weighted by atomic mass is 19.4. The molecule has 0 amide bonds. The number of benzene rings is 6. The summed E-state index contributed by atoms with van der Waals surface area (Å²) in [5.41, 5.74) is -8.04. The predicted molar refractivity (Wildman–Crippen MR) is 200 cm³/mol. The molecule has 8 rings (SSSR count). The molecule has 0 aliphatic heterocycles. The maximum atomic E-state index is 14.3. The topological polar surface area (TPSA) is 51.6 Å². The van der Waals surface area contributed by atoms with Crippen molar-refractivity contribution in [1.29, 1.82) is 0 Å². The van der Waals surface area contributed by atoms with Gasteiger partial charge in [-0.2, -0.15) is 52.7 Å². The number of rotatable bonds is 5. The quantitative estimate of drug-likeness (QED) is 0.162. The minimum atomic E-state index is -4.93. The second-order valence-corrected chi connectivity index (χ2v) is 13.4. The van der Waals surface area contributed by atoms with Crippen LogP contribution in [0.25, 0.3) is 78.2 Å². The van der Waals surface area contributed by atoms with Crippen LogP contribution in [-0.2, 0) is 24.7 Å². The lowest BCUT2D eigenvalue weighted by molar-refractivity contribution is -0.138. The fourth-order valence-electron chi connectivity index (χ4n) is 6.97. The molecule has 8 aromatic rings. The van der Waals surface area contributed by atoms with Gasteiger partial charge in [0.1, 0.15) is 0 Å². The smallest absolute Gasteiger partial charge is 0.244 e. The van der Waals surface area contributed by atoms with Crippen molar-refractivity contribution in [3.05, 3.63) is 156 Å². The van der Waals surface area contributed by atoms with Crippen LogP contribution in [0.2, 0.25) is 0 Å². The summed E-state index contributed by atoms with van der Waals surface area (Å²) in [6.07, 6.45) is -19.7. The Hall–Kier alpha value is -6.84. The molecule has 6 aromatic carbocycles. The summed E-state index contributed by atoms with van der Waals surface area (Å²) in [5.74, 6) is 0. The molecule has 0 fully saturated rings. The van der Waals surface area contributed by atoms with Crippen LogP contribution in [0.3, 0.4) is 0 Å². The van der Waals surface area contributed by atoms with Gasteiger partial charge in [0.2, 0.25) is 0 Å². The lowest BCUT2D eigenvalue weighted by Gasteiger charge is -2.18. The Bertz CT molecular complexity index is 2750. The van der Waals surface area contributed by atoms with Gasteiger partial charge in [0, 0.05) is 22.3 Å². The maximum Gasteiger partial charge on any atom is 0.417 e. The van der Waals surface area contributed by atoms with Crippen LogP contribution in [-0.4, -0.2) is 19.9 Å². The van der Waals surface area contributed by atoms with Gasteiger partial charge in [-0.15, -0.1) is 0 Å². The first-order valence-electron chi connectivity index (χ1n) is 17.6. The molecule has 2 aromatic heterocycles. The minimum Gasteiger partial charge on any atom is -0.244 e. The van der Waals surface area contributed by atoms with Crippen molar-refractivity contribution in [2.45, 2.75) is 24.7 Å². The van der Waals surface area contributed by atoms with Crippen LogP contribution in [0.4, 0.5) is 52.7 Å². The summed E-state index contributed by atoms with van der Waals surface area (Å²) >= 11 is 0. The Morgan fingerprint density at radius 1 is 0.267 bits per heavy atom. The van der Waals surface area contributed by atoms with E-state index in [1.165, 1.54) is 60.7 Å². The number of fused-ring (bicyclic) bond motifs is 2. The summed E-state index contributed by atoms with van der Waals surface area (Å²) in [6, 6.07) is 25.6. The van der Waals surface area contributed by atoms with Crippen molar-refractivity contribution < 1.29 is 52.7 Å². The van der Waals surface area contributed by atoms with Gasteiger partial charge in [-0.25, -0.2) is 19.9 Å². The van der Waals surface area contributed by atoms with Crippen LogP contribution in [0.15, 0.2) is 133 Å². The van der Waals surface area contributed by atoms with E-state index >= 15 is 0 Å². The molecule has 0 aliphatic rings. The molecule has 0 spiro atoms. The first kappa shape index (κ1) is 40.0. The molecule has 0 radical (unpaired) electrons. The Morgan fingerprint density at radius 2 is 0.500 bits per heavy atom. The van der Waals surface area contributed by atoms with Crippen molar-refractivity contribution in [3.63, 3.8) is 0 Å². The van der Waals surface area contributed by atoms with Gasteiger partial charge >= 0.3 is 24.7 Å². The molecule has 0 saturated heterocycles. The number of aromatic nitrogens is 4. The van der Waals surface area contributed by atoms with Gasteiger partial charge in [-0.05, 0) is 59.7 Å². The fourth-order valence-corrected chi connectivity index (χ4v) is 6.97. The highest BCUT2D eigenvalue weighted by Crippen LogP contribution is 2.46. The Labute approximate surface area is 330 Å². The molecule has 0 unspecified atom stereocenters. The van der Waals surface area contributed by atoms with E-state index in [2.05, 4.69) is 19.9 Å². The largest absolute Gasteiger partial charge is 0.417 e. The SMILES string of the molecule is FC(F)(F)c1ccccc1-c1nc2ccc(-c3ccc4nc(-c5ccccc5C(F)(F)F)c(-c5ccccc5C(F)(F)F)nc4c3)cc2nc1-c1ccccc1C(F)(F)F. The Kier molecular flexibility index (Phi) is 9.63. The normalized spacial score (nSPS) is 12.7. The van der Waals surface area contributed by atoms with Gasteiger partial charge in [0.05, 0.1) is 67.1 Å². The number of hydrogen-bond acceptors (Lipinski definition) is 4. The third-order valence-electron chi connectivity index (χ3n) is 9.61.